The number of fused-ring (bicyclic) bond motifs is 2. The van der Waals surface area contributed by atoms with Gasteiger partial charge in [-0.2, -0.15) is 8.42 Å². The molecule has 1 aromatic rings. The van der Waals surface area contributed by atoms with E-state index in [1.54, 1.807) is 26.0 Å². The molecule has 3 rings (SSSR count). The fourth-order valence-corrected chi connectivity index (χ4v) is 4.68. The van der Waals surface area contributed by atoms with Crippen LogP contribution >= 0.6 is 0 Å². The number of carbonyl (C=O) groups excluding carboxylic acids is 1. The minimum Gasteiger partial charge on any atom is -0.480 e. The second-order valence-corrected chi connectivity index (χ2v) is 9.83. The van der Waals surface area contributed by atoms with E-state index in [-0.39, 0.29) is 6.10 Å². The Morgan fingerprint density at radius 3 is 2.03 bits per heavy atom. The van der Waals surface area contributed by atoms with Crippen LogP contribution in [0.2, 0.25) is 0 Å². The van der Waals surface area contributed by atoms with Gasteiger partial charge in [0.1, 0.15) is 0 Å². The zero-order chi connectivity index (χ0) is 24.1. The van der Waals surface area contributed by atoms with Crippen molar-refractivity contribution in [2.75, 3.05) is 21.3 Å². The molecule has 10 heteroatoms. The van der Waals surface area contributed by atoms with E-state index < -0.39 is 28.3 Å². The summed E-state index contributed by atoms with van der Waals surface area (Å²) in [6, 6.07) is 8.62. The molecule has 3 unspecified atom stereocenters. The second-order valence-electron chi connectivity index (χ2n) is 8.35. The highest BCUT2D eigenvalue weighted by atomic mass is 32.3. The molecule has 0 spiro atoms. The summed E-state index contributed by atoms with van der Waals surface area (Å²) >= 11 is 0. The van der Waals surface area contributed by atoms with Gasteiger partial charge in [-0.05, 0) is 63.6 Å². The lowest BCUT2D eigenvalue weighted by Crippen LogP contribution is -2.39. The Hall–Kier alpha value is -2.01. The second kappa shape index (κ2) is 11.2. The number of benzene rings is 1. The first-order chi connectivity index (χ1) is 15.0. The van der Waals surface area contributed by atoms with Gasteiger partial charge < -0.3 is 14.7 Å². The van der Waals surface area contributed by atoms with Gasteiger partial charge in [-0.3, -0.25) is 18.0 Å². The number of aliphatic carboxylic acids is 1. The van der Waals surface area contributed by atoms with E-state index in [2.05, 4.69) is 20.3 Å². The summed E-state index contributed by atoms with van der Waals surface area (Å²) in [7, 11) is 0.581. The first-order valence-electron chi connectivity index (χ1n) is 10.6. The van der Waals surface area contributed by atoms with Crippen molar-refractivity contribution in [1.82, 2.24) is 4.90 Å². The maximum absolute atomic E-state index is 12.4. The molecule has 2 heterocycles. The van der Waals surface area contributed by atoms with Crippen molar-refractivity contribution in [2.24, 2.45) is 0 Å². The first-order valence-corrected chi connectivity index (χ1v) is 11.9. The van der Waals surface area contributed by atoms with E-state index in [1.807, 2.05) is 12.1 Å². The topological polar surface area (TPSA) is 119 Å². The van der Waals surface area contributed by atoms with E-state index in [0.717, 1.165) is 32.6 Å². The molecule has 32 heavy (non-hydrogen) atoms. The third-order valence-electron chi connectivity index (χ3n) is 6.09. The van der Waals surface area contributed by atoms with Gasteiger partial charge in [0, 0.05) is 12.1 Å². The molecule has 1 aromatic carbocycles. The molecule has 3 atom stereocenters. The van der Waals surface area contributed by atoms with Gasteiger partial charge in [0.25, 0.3) is 0 Å². The minimum atomic E-state index is -3.66. The third-order valence-corrected chi connectivity index (χ3v) is 6.90. The lowest BCUT2D eigenvalue weighted by atomic mass is 9.80. The Labute approximate surface area is 190 Å². The van der Waals surface area contributed by atoms with Crippen molar-refractivity contribution in [3.8, 4) is 0 Å². The fraction of sp³-hybridized carbons (Fsp3) is 0.636. The number of ether oxygens (including phenoxy) is 1. The van der Waals surface area contributed by atoms with Gasteiger partial charge in [0.15, 0.2) is 5.92 Å². The summed E-state index contributed by atoms with van der Waals surface area (Å²) in [4.78, 5) is 26.7. The zero-order valence-electron chi connectivity index (χ0n) is 19.2. The molecular formula is C22H33NO8S. The lowest BCUT2D eigenvalue weighted by molar-refractivity contribution is -0.156. The number of hydrogen-bond donors (Lipinski definition) is 1. The van der Waals surface area contributed by atoms with Crippen molar-refractivity contribution in [2.45, 2.75) is 69.6 Å². The highest BCUT2D eigenvalue weighted by Crippen LogP contribution is 2.44. The lowest BCUT2D eigenvalue weighted by Gasteiger charge is -2.37. The van der Waals surface area contributed by atoms with Crippen molar-refractivity contribution >= 4 is 22.3 Å². The molecule has 2 fully saturated rings. The van der Waals surface area contributed by atoms with Crippen molar-refractivity contribution in [3.05, 3.63) is 35.4 Å². The normalized spacial score (nSPS) is 23.9. The number of carboxylic acids is 1. The summed E-state index contributed by atoms with van der Waals surface area (Å²) in [6.07, 6.45) is 4.13. The molecule has 0 radical (unpaired) electrons. The van der Waals surface area contributed by atoms with Gasteiger partial charge in [0.2, 0.25) is 0 Å². The number of rotatable bonds is 7. The van der Waals surface area contributed by atoms with E-state index in [9.17, 15) is 23.1 Å². The molecule has 0 aliphatic carbocycles. The van der Waals surface area contributed by atoms with Crippen LogP contribution in [0.4, 0.5) is 0 Å². The van der Waals surface area contributed by atoms with Gasteiger partial charge in [0.05, 0.1) is 20.3 Å². The molecule has 2 aliphatic heterocycles. The third kappa shape index (κ3) is 6.50. The zero-order valence-corrected chi connectivity index (χ0v) is 20.0. The molecule has 2 aliphatic rings. The maximum atomic E-state index is 12.4. The standard InChI is InChI=1S/C20H27NO4.C2H6O4S/c1-12(2)25-20(24)18(19(22)23)17-7-5-4-6-16(17)13-10-14-8-9-15(11-13)21(14)3;1-5-7(3,4)6-2/h4-7,12-15,18H,8-11H2,1-3H3,(H,22,23);1-2H3. The van der Waals surface area contributed by atoms with Gasteiger partial charge in [-0.25, -0.2) is 0 Å². The monoisotopic (exact) mass is 471 g/mol. The molecule has 0 amide bonds. The van der Waals surface area contributed by atoms with E-state index in [4.69, 9.17) is 4.74 Å². The number of esters is 1. The summed E-state index contributed by atoms with van der Waals surface area (Å²) in [5.74, 6) is -2.77. The van der Waals surface area contributed by atoms with E-state index in [0.29, 0.717) is 23.6 Å². The van der Waals surface area contributed by atoms with Crippen LogP contribution in [0, 0.1) is 0 Å². The molecule has 9 nitrogen and oxygen atoms in total. The quantitative estimate of drug-likeness (QED) is 0.473. The Kier molecular flexibility index (Phi) is 9.20. The Bertz CT molecular complexity index is 877. The number of carboxylic acid groups (broad SMARTS) is 1. The molecule has 0 aromatic heterocycles. The Morgan fingerprint density at radius 1 is 1.06 bits per heavy atom. The van der Waals surface area contributed by atoms with Crippen LogP contribution in [-0.4, -0.2) is 69.8 Å². The van der Waals surface area contributed by atoms with Crippen molar-refractivity contribution < 1.29 is 36.2 Å². The molecule has 1 N–H and O–H groups in total. The SMILES string of the molecule is CC(C)OC(=O)C(C(=O)O)c1ccccc1C1CC2CCC(C1)N2C.COS(=O)(=O)OC. The fourth-order valence-electron chi connectivity index (χ4n) is 4.54. The van der Waals surface area contributed by atoms with Crippen molar-refractivity contribution in [3.63, 3.8) is 0 Å². The van der Waals surface area contributed by atoms with Gasteiger partial charge in [-0.15, -0.1) is 0 Å². The van der Waals surface area contributed by atoms with E-state index in [1.165, 1.54) is 12.8 Å². The number of piperidine rings is 1. The molecule has 2 bridgehead atoms. The van der Waals surface area contributed by atoms with Crippen LogP contribution in [-0.2, 0) is 33.1 Å². The van der Waals surface area contributed by atoms with E-state index >= 15 is 0 Å². The maximum Gasteiger partial charge on any atom is 0.399 e. The summed E-state index contributed by atoms with van der Waals surface area (Å²) in [5, 5.41) is 9.68. The van der Waals surface area contributed by atoms with Gasteiger partial charge >= 0.3 is 22.3 Å². The predicted molar refractivity (Wildman–Crippen MR) is 118 cm³/mol. The molecule has 180 valence electrons. The Balaban J connectivity index is 0.000000451. The smallest absolute Gasteiger partial charge is 0.399 e. The largest absolute Gasteiger partial charge is 0.480 e. The minimum absolute atomic E-state index is 0.304. The first kappa shape index (κ1) is 26.2. The van der Waals surface area contributed by atoms with Crippen LogP contribution in [0.3, 0.4) is 0 Å². The van der Waals surface area contributed by atoms with Crippen LogP contribution in [0.1, 0.15) is 62.5 Å². The number of nitrogens with zero attached hydrogens (tertiary/aromatic N) is 1. The predicted octanol–water partition coefficient (Wildman–Crippen LogP) is 2.67. The highest BCUT2D eigenvalue weighted by molar-refractivity contribution is 7.81. The summed E-state index contributed by atoms with van der Waals surface area (Å²) in [6.45, 7) is 3.47. The van der Waals surface area contributed by atoms with Crippen LogP contribution in [0.15, 0.2) is 24.3 Å². The van der Waals surface area contributed by atoms with Crippen LogP contribution < -0.4 is 0 Å². The van der Waals surface area contributed by atoms with Gasteiger partial charge in [-0.1, -0.05) is 24.3 Å². The molecular weight excluding hydrogens is 438 g/mol. The Morgan fingerprint density at radius 2 is 1.59 bits per heavy atom. The molecule has 0 saturated carbocycles. The average Bonchev–Trinajstić information content (AvgIpc) is 2.94. The van der Waals surface area contributed by atoms with Crippen LogP contribution in [0.25, 0.3) is 0 Å². The highest BCUT2D eigenvalue weighted by Gasteiger charge is 2.41. The van der Waals surface area contributed by atoms with Crippen LogP contribution in [0.5, 0.6) is 0 Å². The number of hydrogen-bond acceptors (Lipinski definition) is 8. The van der Waals surface area contributed by atoms with Crippen molar-refractivity contribution in [1.29, 1.82) is 0 Å². The average molecular weight is 472 g/mol. The molecule has 2 saturated heterocycles. The summed E-state index contributed by atoms with van der Waals surface area (Å²) in [5.41, 5.74) is 1.59. The number of carbonyl (C=O) groups is 2. The summed E-state index contributed by atoms with van der Waals surface area (Å²) < 4.78 is 32.7.